The third-order valence-corrected chi connectivity index (χ3v) is 6.60. The normalized spacial score (nSPS) is 12.6. The molecule has 0 aliphatic rings. The lowest BCUT2D eigenvalue weighted by molar-refractivity contribution is 0.521. The summed E-state index contributed by atoms with van der Waals surface area (Å²) in [7, 11) is -3.36. The standard InChI is InChI=1S/C14H24N2O2S2/c1-4-14(5-2,19-3)11-16-20(17,18)10-12-8-6-7-9-13(12)15/h6-9,16H,4-5,10-11,15H2,1-3H3. The third kappa shape index (κ3) is 4.68. The Hall–Kier alpha value is -0.720. The summed E-state index contributed by atoms with van der Waals surface area (Å²) in [4.78, 5) is 0. The summed E-state index contributed by atoms with van der Waals surface area (Å²) in [6, 6.07) is 7.06. The van der Waals surface area contributed by atoms with Crippen LogP contribution in [0.15, 0.2) is 24.3 Å². The average molecular weight is 316 g/mol. The molecule has 0 amide bonds. The van der Waals surface area contributed by atoms with Gasteiger partial charge in [-0.05, 0) is 30.7 Å². The first-order chi connectivity index (χ1) is 9.38. The maximum Gasteiger partial charge on any atom is 0.215 e. The fraction of sp³-hybridized carbons (Fsp3) is 0.571. The number of thioether (sulfide) groups is 1. The van der Waals surface area contributed by atoms with Gasteiger partial charge in [0.05, 0.1) is 5.75 Å². The number of nitrogens with two attached hydrogens (primary N) is 1. The molecule has 20 heavy (non-hydrogen) atoms. The number of benzene rings is 1. The molecular formula is C14H24N2O2S2. The van der Waals surface area contributed by atoms with Crippen LogP contribution in [0.25, 0.3) is 0 Å². The van der Waals surface area contributed by atoms with Crippen LogP contribution in [0.2, 0.25) is 0 Å². The highest BCUT2D eigenvalue weighted by atomic mass is 32.2. The van der Waals surface area contributed by atoms with Gasteiger partial charge in [0.1, 0.15) is 0 Å². The van der Waals surface area contributed by atoms with Gasteiger partial charge in [0.15, 0.2) is 0 Å². The summed E-state index contributed by atoms with van der Waals surface area (Å²) >= 11 is 1.72. The highest BCUT2D eigenvalue weighted by Crippen LogP contribution is 2.29. The van der Waals surface area contributed by atoms with Crippen LogP contribution in [0.1, 0.15) is 32.3 Å². The van der Waals surface area contributed by atoms with E-state index in [0.717, 1.165) is 12.8 Å². The Balaban J connectivity index is 2.74. The van der Waals surface area contributed by atoms with E-state index < -0.39 is 10.0 Å². The summed E-state index contributed by atoms with van der Waals surface area (Å²) < 4.78 is 27.0. The predicted molar refractivity (Wildman–Crippen MR) is 88.3 cm³/mol. The van der Waals surface area contributed by atoms with Crippen molar-refractivity contribution in [3.05, 3.63) is 29.8 Å². The fourth-order valence-corrected chi connectivity index (χ4v) is 4.18. The van der Waals surface area contributed by atoms with Gasteiger partial charge < -0.3 is 5.73 Å². The van der Waals surface area contributed by atoms with Gasteiger partial charge in [-0.15, -0.1) is 0 Å². The molecule has 0 bridgehead atoms. The molecule has 0 radical (unpaired) electrons. The number of hydrogen-bond donors (Lipinski definition) is 2. The quantitative estimate of drug-likeness (QED) is 0.723. The predicted octanol–water partition coefficient (Wildman–Crippen LogP) is 2.61. The molecular weight excluding hydrogens is 292 g/mol. The van der Waals surface area contributed by atoms with Crippen molar-refractivity contribution in [1.29, 1.82) is 0 Å². The molecule has 0 saturated carbocycles. The second kappa shape index (κ2) is 7.33. The van der Waals surface area contributed by atoms with Crippen LogP contribution in [0, 0.1) is 0 Å². The van der Waals surface area contributed by atoms with Crippen LogP contribution in [0.3, 0.4) is 0 Å². The van der Waals surface area contributed by atoms with Crippen molar-refractivity contribution in [2.75, 3.05) is 18.5 Å². The first-order valence-electron chi connectivity index (χ1n) is 6.74. The van der Waals surface area contributed by atoms with E-state index in [-0.39, 0.29) is 10.5 Å². The molecule has 0 aromatic heterocycles. The zero-order valence-electron chi connectivity index (χ0n) is 12.3. The highest BCUT2D eigenvalue weighted by molar-refractivity contribution is 8.00. The summed E-state index contributed by atoms with van der Waals surface area (Å²) in [5, 5.41) is 0. The molecule has 114 valence electrons. The first kappa shape index (κ1) is 17.3. The number of anilines is 1. The van der Waals surface area contributed by atoms with Crippen molar-refractivity contribution in [2.45, 2.75) is 37.2 Å². The Morgan fingerprint density at radius 1 is 1.25 bits per heavy atom. The third-order valence-electron chi connectivity index (χ3n) is 3.74. The zero-order chi connectivity index (χ0) is 15.2. The van der Waals surface area contributed by atoms with Crippen molar-refractivity contribution >= 4 is 27.5 Å². The van der Waals surface area contributed by atoms with Gasteiger partial charge in [0, 0.05) is 17.0 Å². The van der Waals surface area contributed by atoms with Crippen LogP contribution in [-0.2, 0) is 15.8 Å². The van der Waals surface area contributed by atoms with E-state index in [4.69, 9.17) is 5.73 Å². The molecule has 0 aliphatic heterocycles. The van der Waals surface area contributed by atoms with Crippen molar-refractivity contribution in [3.8, 4) is 0 Å². The van der Waals surface area contributed by atoms with Gasteiger partial charge in [0.2, 0.25) is 10.0 Å². The van der Waals surface area contributed by atoms with E-state index in [2.05, 4.69) is 18.6 Å². The van der Waals surface area contributed by atoms with E-state index in [0.29, 0.717) is 17.8 Å². The van der Waals surface area contributed by atoms with Crippen LogP contribution >= 0.6 is 11.8 Å². The monoisotopic (exact) mass is 316 g/mol. The lowest BCUT2D eigenvalue weighted by atomic mass is 10.0. The van der Waals surface area contributed by atoms with Crippen LogP contribution in [-0.4, -0.2) is 26.0 Å². The SMILES string of the molecule is CCC(CC)(CNS(=O)(=O)Cc1ccccc1N)SC. The molecule has 6 heteroatoms. The molecule has 0 heterocycles. The Kier molecular flexibility index (Phi) is 6.36. The van der Waals surface area contributed by atoms with Gasteiger partial charge in [-0.3, -0.25) is 0 Å². The van der Waals surface area contributed by atoms with E-state index in [9.17, 15) is 8.42 Å². The molecule has 3 N–H and O–H groups in total. The molecule has 0 aliphatic carbocycles. The summed E-state index contributed by atoms with van der Waals surface area (Å²) in [5.41, 5.74) is 6.95. The van der Waals surface area contributed by atoms with Crippen LogP contribution in [0.4, 0.5) is 5.69 Å². The molecule has 0 unspecified atom stereocenters. The number of nitrogens with one attached hydrogen (secondary N) is 1. The minimum atomic E-state index is -3.36. The van der Waals surface area contributed by atoms with E-state index in [1.807, 2.05) is 6.26 Å². The zero-order valence-corrected chi connectivity index (χ0v) is 14.0. The number of nitrogen functional groups attached to an aromatic ring is 1. The Bertz CT molecular complexity index is 517. The van der Waals surface area contributed by atoms with Gasteiger partial charge in [-0.2, -0.15) is 11.8 Å². The van der Waals surface area contributed by atoms with E-state index in [1.165, 1.54) is 0 Å². The first-order valence-corrected chi connectivity index (χ1v) is 9.61. The molecule has 1 aromatic rings. The number of sulfonamides is 1. The minimum absolute atomic E-state index is 0.0324. The lowest BCUT2D eigenvalue weighted by Crippen LogP contribution is -2.40. The van der Waals surface area contributed by atoms with Crippen LogP contribution in [0.5, 0.6) is 0 Å². The molecule has 0 saturated heterocycles. The van der Waals surface area contributed by atoms with E-state index >= 15 is 0 Å². The van der Waals surface area contributed by atoms with E-state index in [1.54, 1.807) is 36.0 Å². The summed E-state index contributed by atoms with van der Waals surface area (Å²) in [6.07, 6.45) is 3.89. The Labute approximate surface area is 126 Å². The highest BCUT2D eigenvalue weighted by Gasteiger charge is 2.27. The average Bonchev–Trinajstić information content (AvgIpc) is 2.43. The maximum absolute atomic E-state index is 12.2. The topological polar surface area (TPSA) is 72.2 Å². The van der Waals surface area contributed by atoms with Crippen molar-refractivity contribution in [2.24, 2.45) is 0 Å². The fourth-order valence-electron chi connectivity index (χ4n) is 2.02. The number of hydrogen-bond acceptors (Lipinski definition) is 4. The Morgan fingerprint density at radius 3 is 2.35 bits per heavy atom. The Morgan fingerprint density at radius 2 is 1.85 bits per heavy atom. The molecule has 0 atom stereocenters. The largest absolute Gasteiger partial charge is 0.398 e. The van der Waals surface area contributed by atoms with Crippen molar-refractivity contribution < 1.29 is 8.42 Å². The number of para-hydroxylation sites is 1. The smallest absolute Gasteiger partial charge is 0.215 e. The maximum atomic E-state index is 12.2. The minimum Gasteiger partial charge on any atom is -0.398 e. The van der Waals surface area contributed by atoms with Gasteiger partial charge in [-0.25, -0.2) is 13.1 Å². The van der Waals surface area contributed by atoms with Gasteiger partial charge in [0.25, 0.3) is 0 Å². The second-order valence-electron chi connectivity index (χ2n) is 4.87. The van der Waals surface area contributed by atoms with Gasteiger partial charge in [-0.1, -0.05) is 32.0 Å². The van der Waals surface area contributed by atoms with Crippen LogP contribution < -0.4 is 10.5 Å². The molecule has 1 aromatic carbocycles. The van der Waals surface area contributed by atoms with Gasteiger partial charge >= 0.3 is 0 Å². The molecule has 1 rings (SSSR count). The van der Waals surface area contributed by atoms with Crippen molar-refractivity contribution in [1.82, 2.24) is 4.72 Å². The molecule has 4 nitrogen and oxygen atoms in total. The lowest BCUT2D eigenvalue weighted by Gasteiger charge is -2.29. The molecule has 0 fully saturated rings. The second-order valence-corrected chi connectivity index (χ2v) is 7.95. The van der Waals surface area contributed by atoms with Crippen molar-refractivity contribution in [3.63, 3.8) is 0 Å². The summed E-state index contributed by atoms with van der Waals surface area (Å²) in [5.74, 6) is -0.0719. The summed E-state index contributed by atoms with van der Waals surface area (Å²) in [6.45, 7) is 4.63. The number of rotatable bonds is 8. The molecule has 0 spiro atoms.